The normalized spacial score (nSPS) is 22.8. The van der Waals surface area contributed by atoms with E-state index in [-0.39, 0.29) is 23.8 Å². The van der Waals surface area contributed by atoms with E-state index in [1.807, 2.05) is 31.2 Å². The van der Waals surface area contributed by atoms with Crippen LogP contribution in [0, 0.1) is 11.8 Å². The summed E-state index contributed by atoms with van der Waals surface area (Å²) in [6.07, 6.45) is 3.53. The highest BCUT2D eigenvalue weighted by atomic mass is 79.9. The van der Waals surface area contributed by atoms with Crippen LogP contribution in [0.1, 0.15) is 38.2 Å². The predicted molar refractivity (Wildman–Crippen MR) is 88.5 cm³/mol. The number of nitrogens with one attached hydrogen (secondary N) is 1. The number of hydrogen-bond acceptors (Lipinski definition) is 2. The lowest BCUT2D eigenvalue weighted by molar-refractivity contribution is -0.144. The van der Waals surface area contributed by atoms with Crippen LogP contribution in [-0.4, -0.2) is 23.0 Å². The van der Waals surface area contributed by atoms with Crippen LogP contribution in [0.25, 0.3) is 0 Å². The van der Waals surface area contributed by atoms with Crippen LogP contribution in [0.3, 0.4) is 0 Å². The highest BCUT2D eigenvalue weighted by Gasteiger charge is 2.31. The van der Waals surface area contributed by atoms with Crippen LogP contribution < -0.4 is 5.32 Å². The van der Waals surface area contributed by atoms with Gasteiger partial charge in [0.15, 0.2) is 0 Å². The standard InChI is InChI=1S/C17H22BrNO3/c1-11(9-12-5-7-15(18)8-6-12)19-16(20)13-3-2-4-14(10-13)17(21)22/h5-8,11,13-14H,2-4,9-10H2,1H3,(H,19,20)(H,21,22). The van der Waals surface area contributed by atoms with E-state index in [0.717, 1.165) is 23.7 Å². The molecule has 1 saturated carbocycles. The van der Waals surface area contributed by atoms with Crippen LogP contribution in [-0.2, 0) is 16.0 Å². The summed E-state index contributed by atoms with van der Waals surface area (Å²) in [6.45, 7) is 1.98. The molecule has 1 fully saturated rings. The number of halogens is 1. The molecule has 0 radical (unpaired) electrons. The van der Waals surface area contributed by atoms with Crippen LogP contribution in [0.4, 0.5) is 0 Å². The van der Waals surface area contributed by atoms with Gasteiger partial charge in [-0.1, -0.05) is 34.5 Å². The molecule has 4 nitrogen and oxygen atoms in total. The molecule has 0 bridgehead atoms. The minimum atomic E-state index is -0.777. The molecule has 2 N–H and O–H groups in total. The van der Waals surface area contributed by atoms with Crippen molar-refractivity contribution in [2.75, 3.05) is 0 Å². The van der Waals surface area contributed by atoms with Gasteiger partial charge < -0.3 is 10.4 Å². The molecule has 0 aliphatic heterocycles. The first-order valence-electron chi connectivity index (χ1n) is 7.73. The molecule has 1 aliphatic carbocycles. The Labute approximate surface area is 139 Å². The summed E-state index contributed by atoms with van der Waals surface area (Å²) in [7, 11) is 0. The molecule has 120 valence electrons. The van der Waals surface area contributed by atoms with Gasteiger partial charge in [0.2, 0.25) is 5.91 Å². The Balaban J connectivity index is 1.85. The third-order valence-electron chi connectivity index (χ3n) is 4.24. The van der Waals surface area contributed by atoms with Gasteiger partial charge >= 0.3 is 5.97 Å². The molecule has 2 rings (SSSR count). The first-order chi connectivity index (χ1) is 10.5. The number of carbonyl (C=O) groups excluding carboxylic acids is 1. The van der Waals surface area contributed by atoms with E-state index in [2.05, 4.69) is 21.2 Å². The fourth-order valence-electron chi connectivity index (χ4n) is 3.04. The van der Waals surface area contributed by atoms with Crippen molar-refractivity contribution in [3.05, 3.63) is 34.3 Å². The van der Waals surface area contributed by atoms with Crippen molar-refractivity contribution in [3.63, 3.8) is 0 Å². The van der Waals surface area contributed by atoms with Gasteiger partial charge in [-0.3, -0.25) is 9.59 Å². The van der Waals surface area contributed by atoms with Gasteiger partial charge in [0, 0.05) is 16.4 Å². The zero-order valence-electron chi connectivity index (χ0n) is 12.7. The first-order valence-corrected chi connectivity index (χ1v) is 8.52. The molecule has 1 aromatic carbocycles. The van der Waals surface area contributed by atoms with Gasteiger partial charge in [0.1, 0.15) is 0 Å². The van der Waals surface area contributed by atoms with Gasteiger partial charge in [0.05, 0.1) is 5.92 Å². The van der Waals surface area contributed by atoms with E-state index in [1.165, 1.54) is 5.56 Å². The van der Waals surface area contributed by atoms with Crippen molar-refractivity contribution in [1.29, 1.82) is 0 Å². The van der Waals surface area contributed by atoms with Gasteiger partial charge in [-0.05, 0) is 50.3 Å². The Morgan fingerprint density at radius 1 is 1.27 bits per heavy atom. The number of aliphatic carboxylic acids is 1. The second kappa shape index (κ2) is 7.77. The molecule has 1 amide bonds. The van der Waals surface area contributed by atoms with Crippen LogP contribution in [0.2, 0.25) is 0 Å². The fourth-order valence-corrected chi connectivity index (χ4v) is 3.30. The molecular formula is C17H22BrNO3. The molecule has 5 heteroatoms. The van der Waals surface area contributed by atoms with Crippen molar-refractivity contribution in [2.45, 2.75) is 45.1 Å². The summed E-state index contributed by atoms with van der Waals surface area (Å²) in [5, 5.41) is 12.1. The Hall–Kier alpha value is -1.36. The molecular weight excluding hydrogens is 346 g/mol. The number of carboxylic acids is 1. The van der Waals surface area contributed by atoms with Gasteiger partial charge in [0.25, 0.3) is 0 Å². The third-order valence-corrected chi connectivity index (χ3v) is 4.77. The second-order valence-electron chi connectivity index (χ2n) is 6.14. The number of carbonyl (C=O) groups is 2. The summed E-state index contributed by atoms with van der Waals surface area (Å²) in [4.78, 5) is 23.4. The SMILES string of the molecule is CC(Cc1ccc(Br)cc1)NC(=O)C1CCCC(C(=O)O)C1. The third kappa shape index (κ3) is 4.83. The van der Waals surface area contributed by atoms with E-state index in [0.29, 0.717) is 12.8 Å². The monoisotopic (exact) mass is 367 g/mol. The van der Waals surface area contributed by atoms with Gasteiger partial charge in [-0.2, -0.15) is 0 Å². The van der Waals surface area contributed by atoms with E-state index >= 15 is 0 Å². The second-order valence-corrected chi connectivity index (χ2v) is 7.05. The summed E-state index contributed by atoms with van der Waals surface area (Å²) < 4.78 is 1.04. The summed E-state index contributed by atoms with van der Waals surface area (Å²) in [5.41, 5.74) is 1.17. The molecule has 0 aromatic heterocycles. The maximum atomic E-state index is 12.3. The summed E-state index contributed by atoms with van der Waals surface area (Å²) in [5.74, 6) is -1.32. The van der Waals surface area contributed by atoms with E-state index in [4.69, 9.17) is 5.11 Å². The van der Waals surface area contributed by atoms with Crippen LogP contribution in [0.15, 0.2) is 28.7 Å². The largest absolute Gasteiger partial charge is 0.481 e. The van der Waals surface area contributed by atoms with Gasteiger partial charge in [-0.15, -0.1) is 0 Å². The number of hydrogen-bond donors (Lipinski definition) is 2. The highest BCUT2D eigenvalue weighted by molar-refractivity contribution is 9.10. The zero-order chi connectivity index (χ0) is 16.1. The van der Waals surface area contributed by atoms with Crippen molar-refractivity contribution in [2.24, 2.45) is 11.8 Å². The molecule has 0 heterocycles. The van der Waals surface area contributed by atoms with Gasteiger partial charge in [-0.25, -0.2) is 0 Å². The summed E-state index contributed by atoms with van der Waals surface area (Å²) >= 11 is 3.40. The van der Waals surface area contributed by atoms with Crippen LogP contribution >= 0.6 is 15.9 Å². The van der Waals surface area contributed by atoms with E-state index in [1.54, 1.807) is 0 Å². The number of benzene rings is 1. The maximum Gasteiger partial charge on any atom is 0.306 e. The molecule has 1 aromatic rings. The predicted octanol–water partition coefficient (Wildman–Crippen LogP) is 3.39. The molecule has 0 saturated heterocycles. The topological polar surface area (TPSA) is 66.4 Å². The summed E-state index contributed by atoms with van der Waals surface area (Å²) in [6, 6.07) is 8.09. The molecule has 0 spiro atoms. The molecule has 3 unspecified atom stereocenters. The quantitative estimate of drug-likeness (QED) is 0.837. The van der Waals surface area contributed by atoms with Crippen LogP contribution in [0.5, 0.6) is 0 Å². The van der Waals surface area contributed by atoms with E-state index < -0.39 is 5.97 Å². The average Bonchev–Trinajstić information content (AvgIpc) is 2.49. The smallest absolute Gasteiger partial charge is 0.306 e. The lowest BCUT2D eigenvalue weighted by Crippen LogP contribution is -2.40. The zero-order valence-corrected chi connectivity index (χ0v) is 14.3. The van der Waals surface area contributed by atoms with Crippen molar-refractivity contribution in [3.8, 4) is 0 Å². The lowest BCUT2D eigenvalue weighted by Gasteiger charge is -2.27. The fraction of sp³-hybridized carbons (Fsp3) is 0.529. The molecule has 22 heavy (non-hydrogen) atoms. The number of amides is 1. The van der Waals surface area contributed by atoms with E-state index in [9.17, 15) is 9.59 Å². The minimum absolute atomic E-state index is 0.00411. The van der Waals surface area contributed by atoms with Crippen molar-refractivity contribution >= 4 is 27.8 Å². The first kappa shape index (κ1) is 17.0. The Bertz CT molecular complexity index is 529. The maximum absolute atomic E-state index is 12.3. The molecule has 1 aliphatic rings. The average molecular weight is 368 g/mol. The van der Waals surface area contributed by atoms with Crippen molar-refractivity contribution in [1.82, 2.24) is 5.32 Å². The minimum Gasteiger partial charge on any atom is -0.481 e. The number of carboxylic acid groups (broad SMARTS) is 1. The van der Waals surface area contributed by atoms with Crippen molar-refractivity contribution < 1.29 is 14.7 Å². The Kier molecular flexibility index (Phi) is 6.00. The molecule has 3 atom stereocenters. The Morgan fingerprint density at radius 2 is 1.91 bits per heavy atom. The Morgan fingerprint density at radius 3 is 2.55 bits per heavy atom. The number of rotatable bonds is 5. The lowest BCUT2D eigenvalue weighted by atomic mass is 9.81. The highest BCUT2D eigenvalue weighted by Crippen LogP contribution is 2.29.